The van der Waals surface area contributed by atoms with Crippen LogP contribution in [-0.4, -0.2) is 49.2 Å². The molecule has 0 saturated carbocycles. The van der Waals surface area contributed by atoms with Crippen molar-refractivity contribution < 1.29 is 19.1 Å². The molecule has 118 valence electrons. The van der Waals surface area contributed by atoms with E-state index < -0.39 is 0 Å². The van der Waals surface area contributed by atoms with Gasteiger partial charge >= 0.3 is 5.97 Å². The highest BCUT2D eigenvalue weighted by atomic mass is 32.2. The molecule has 0 unspecified atom stereocenters. The Morgan fingerprint density at radius 3 is 2.95 bits per heavy atom. The molecule has 1 heterocycles. The van der Waals surface area contributed by atoms with Gasteiger partial charge in [-0.3, -0.25) is 9.59 Å². The third-order valence-corrected chi connectivity index (χ3v) is 4.23. The van der Waals surface area contributed by atoms with Crippen LogP contribution in [0.3, 0.4) is 0 Å². The summed E-state index contributed by atoms with van der Waals surface area (Å²) < 4.78 is 9.49. The Morgan fingerprint density at radius 2 is 2.24 bits per heavy atom. The molecule has 21 heavy (non-hydrogen) atoms. The Hall–Kier alpha value is -1.12. The fourth-order valence-corrected chi connectivity index (χ4v) is 2.90. The zero-order valence-electron chi connectivity index (χ0n) is 12.2. The first-order valence-corrected chi connectivity index (χ1v) is 8.57. The number of aromatic nitrogens is 1. The number of thioether (sulfide) groups is 1. The Labute approximate surface area is 132 Å². The number of carbonyl (C=O) groups excluding carboxylic acids is 2. The second-order valence-electron chi connectivity index (χ2n) is 4.17. The second-order valence-corrected chi connectivity index (χ2v) is 6.13. The fourth-order valence-electron chi connectivity index (χ4n) is 1.46. The first-order chi connectivity index (χ1) is 10.2. The molecule has 0 atom stereocenters. The number of anilines is 1. The summed E-state index contributed by atoms with van der Waals surface area (Å²) in [6.45, 7) is 0.638. The maximum absolute atomic E-state index is 11.7. The minimum absolute atomic E-state index is 0.0634. The minimum Gasteiger partial charge on any atom is -0.469 e. The molecule has 1 N–H and O–H groups in total. The van der Waals surface area contributed by atoms with Crippen molar-refractivity contribution in [3.63, 3.8) is 0 Å². The molecule has 1 aromatic rings. The summed E-state index contributed by atoms with van der Waals surface area (Å²) in [5.41, 5.74) is 0.881. The highest BCUT2D eigenvalue weighted by Crippen LogP contribution is 2.17. The Bertz CT molecular complexity index is 451. The molecule has 0 bridgehead atoms. The van der Waals surface area contributed by atoms with Crippen molar-refractivity contribution in [3.8, 4) is 0 Å². The molecule has 1 aromatic heterocycles. The predicted octanol–water partition coefficient (Wildman–Crippen LogP) is 1.96. The number of nitrogens with one attached hydrogen (secondary N) is 1. The summed E-state index contributed by atoms with van der Waals surface area (Å²) in [6, 6.07) is 0. The van der Waals surface area contributed by atoms with Gasteiger partial charge < -0.3 is 14.8 Å². The summed E-state index contributed by atoms with van der Waals surface area (Å²) >= 11 is 2.91. The van der Waals surface area contributed by atoms with Crippen LogP contribution < -0.4 is 5.32 Å². The van der Waals surface area contributed by atoms with Crippen molar-refractivity contribution in [2.75, 3.05) is 37.6 Å². The summed E-state index contributed by atoms with van der Waals surface area (Å²) in [4.78, 5) is 27.0. The van der Waals surface area contributed by atoms with E-state index in [-0.39, 0.29) is 11.9 Å². The summed E-state index contributed by atoms with van der Waals surface area (Å²) in [7, 11) is 3.02. The molecule has 6 nitrogen and oxygen atoms in total. The number of hydrogen-bond donors (Lipinski definition) is 1. The van der Waals surface area contributed by atoms with Crippen LogP contribution in [0.1, 0.15) is 18.5 Å². The van der Waals surface area contributed by atoms with Crippen LogP contribution in [0.5, 0.6) is 0 Å². The number of methoxy groups -OCH3 is 2. The molecule has 1 rings (SSSR count). The third-order valence-electron chi connectivity index (χ3n) is 2.50. The van der Waals surface area contributed by atoms with Crippen LogP contribution in [0.25, 0.3) is 0 Å². The molecule has 0 aliphatic rings. The monoisotopic (exact) mass is 332 g/mol. The average molecular weight is 332 g/mol. The van der Waals surface area contributed by atoms with E-state index in [0.717, 1.165) is 11.4 Å². The van der Waals surface area contributed by atoms with Gasteiger partial charge in [-0.05, 0) is 12.8 Å². The standard InChI is InChI=1S/C13H20N2O4S2/c1-18-6-7-20-9-11(16)15-13-14-10(8-21-13)4-3-5-12(17)19-2/h8H,3-7,9H2,1-2H3,(H,14,15,16). The lowest BCUT2D eigenvalue weighted by Crippen LogP contribution is -2.14. The first-order valence-electron chi connectivity index (χ1n) is 6.53. The van der Waals surface area contributed by atoms with Crippen LogP contribution >= 0.6 is 23.1 Å². The Kier molecular flexibility index (Phi) is 9.04. The molecule has 0 aromatic carbocycles. The molecule has 0 aliphatic carbocycles. The van der Waals surface area contributed by atoms with Crippen molar-refractivity contribution >= 4 is 40.1 Å². The maximum atomic E-state index is 11.7. The maximum Gasteiger partial charge on any atom is 0.305 e. The normalized spacial score (nSPS) is 10.4. The fraction of sp³-hybridized carbons (Fsp3) is 0.615. The van der Waals surface area contributed by atoms with Crippen LogP contribution in [-0.2, 0) is 25.5 Å². The highest BCUT2D eigenvalue weighted by molar-refractivity contribution is 7.99. The van der Waals surface area contributed by atoms with E-state index in [2.05, 4.69) is 15.0 Å². The van der Waals surface area contributed by atoms with E-state index in [4.69, 9.17) is 4.74 Å². The number of ether oxygens (including phenoxy) is 2. The molecule has 1 amide bonds. The predicted molar refractivity (Wildman–Crippen MR) is 84.9 cm³/mol. The topological polar surface area (TPSA) is 77.5 Å². The van der Waals surface area contributed by atoms with Gasteiger partial charge in [0.2, 0.25) is 5.91 Å². The molecule has 0 aliphatic heterocycles. The number of nitrogens with zero attached hydrogens (tertiary/aromatic N) is 1. The number of esters is 1. The largest absolute Gasteiger partial charge is 0.469 e. The van der Waals surface area contributed by atoms with E-state index in [9.17, 15) is 9.59 Å². The number of amides is 1. The zero-order valence-corrected chi connectivity index (χ0v) is 13.8. The van der Waals surface area contributed by atoms with Crippen molar-refractivity contribution in [2.45, 2.75) is 19.3 Å². The Morgan fingerprint density at radius 1 is 1.43 bits per heavy atom. The van der Waals surface area contributed by atoms with Gasteiger partial charge in [-0.25, -0.2) is 4.98 Å². The SMILES string of the molecule is COCCSCC(=O)Nc1nc(CCCC(=O)OC)cs1. The minimum atomic E-state index is -0.216. The molecule has 0 spiro atoms. The van der Waals surface area contributed by atoms with Gasteiger partial charge in [0.05, 0.1) is 25.2 Å². The van der Waals surface area contributed by atoms with E-state index in [0.29, 0.717) is 36.8 Å². The average Bonchev–Trinajstić information content (AvgIpc) is 2.90. The molecule has 0 fully saturated rings. The molecular formula is C13H20N2O4S2. The number of rotatable bonds is 10. The molecule has 0 saturated heterocycles. The number of carbonyl (C=O) groups is 2. The second kappa shape index (κ2) is 10.6. The van der Waals surface area contributed by atoms with Gasteiger partial charge in [-0.2, -0.15) is 0 Å². The van der Waals surface area contributed by atoms with Crippen molar-refractivity contribution in [3.05, 3.63) is 11.1 Å². The van der Waals surface area contributed by atoms with Gasteiger partial charge in [-0.15, -0.1) is 23.1 Å². The van der Waals surface area contributed by atoms with Gasteiger partial charge in [0, 0.05) is 24.7 Å². The summed E-state index contributed by atoms with van der Waals surface area (Å²) in [6.07, 6.45) is 1.77. The lowest BCUT2D eigenvalue weighted by Gasteiger charge is -2.01. The molecule has 0 radical (unpaired) electrons. The van der Waals surface area contributed by atoms with Gasteiger partial charge in [0.25, 0.3) is 0 Å². The first kappa shape index (κ1) is 17.9. The van der Waals surface area contributed by atoms with Gasteiger partial charge in [-0.1, -0.05) is 0 Å². The zero-order chi connectivity index (χ0) is 15.5. The lowest BCUT2D eigenvalue weighted by atomic mass is 10.2. The van der Waals surface area contributed by atoms with E-state index in [1.165, 1.54) is 30.2 Å². The lowest BCUT2D eigenvalue weighted by molar-refractivity contribution is -0.140. The quantitative estimate of drug-likeness (QED) is 0.521. The third kappa shape index (κ3) is 8.03. The van der Waals surface area contributed by atoms with E-state index >= 15 is 0 Å². The highest BCUT2D eigenvalue weighted by Gasteiger charge is 2.07. The van der Waals surface area contributed by atoms with Crippen molar-refractivity contribution in [2.24, 2.45) is 0 Å². The summed E-state index contributed by atoms with van der Waals surface area (Å²) in [5, 5.41) is 5.26. The van der Waals surface area contributed by atoms with Gasteiger partial charge in [0.15, 0.2) is 5.13 Å². The molecule has 8 heteroatoms. The number of thiazole rings is 1. The summed E-state index contributed by atoms with van der Waals surface area (Å²) in [5.74, 6) is 0.902. The Balaban J connectivity index is 2.24. The van der Waals surface area contributed by atoms with Gasteiger partial charge in [0.1, 0.15) is 0 Å². The van der Waals surface area contributed by atoms with E-state index in [1.54, 1.807) is 7.11 Å². The van der Waals surface area contributed by atoms with Crippen molar-refractivity contribution in [1.82, 2.24) is 4.98 Å². The van der Waals surface area contributed by atoms with E-state index in [1.807, 2.05) is 5.38 Å². The van der Waals surface area contributed by atoms with Crippen LogP contribution in [0.15, 0.2) is 5.38 Å². The van der Waals surface area contributed by atoms with Crippen LogP contribution in [0, 0.1) is 0 Å². The van der Waals surface area contributed by atoms with Crippen LogP contribution in [0.2, 0.25) is 0 Å². The number of aryl methyl sites for hydroxylation is 1. The number of hydrogen-bond acceptors (Lipinski definition) is 7. The van der Waals surface area contributed by atoms with Crippen LogP contribution in [0.4, 0.5) is 5.13 Å². The molecular weight excluding hydrogens is 312 g/mol. The smallest absolute Gasteiger partial charge is 0.305 e. The van der Waals surface area contributed by atoms with Crippen molar-refractivity contribution in [1.29, 1.82) is 0 Å².